The predicted molar refractivity (Wildman–Crippen MR) is 36.3 cm³/mol. The Hall–Kier alpha value is -0.660. The van der Waals surface area contributed by atoms with Crippen molar-refractivity contribution in [3.63, 3.8) is 0 Å². The molecule has 0 saturated heterocycles. The molecule has 0 fully saturated rings. The first-order chi connectivity index (χ1) is 4.20. The monoisotopic (exact) mass is 127 g/mol. The number of alkyl halides is 1. The van der Waals surface area contributed by atoms with Gasteiger partial charge in [-0.05, 0) is 6.92 Å². The Labute approximate surface area is 54.3 Å². The van der Waals surface area contributed by atoms with Gasteiger partial charge in [0.1, 0.15) is 6.17 Å². The third-order valence-electron chi connectivity index (χ3n) is 1.43. The van der Waals surface area contributed by atoms with E-state index in [4.69, 9.17) is 0 Å². The zero-order valence-corrected chi connectivity index (χ0v) is 5.63. The van der Waals surface area contributed by atoms with Gasteiger partial charge in [0, 0.05) is 17.8 Å². The van der Waals surface area contributed by atoms with Gasteiger partial charge in [0.25, 0.3) is 0 Å². The minimum Gasteiger partial charge on any atom is -0.263 e. The molecule has 1 aliphatic rings. The van der Waals surface area contributed by atoms with E-state index < -0.39 is 6.17 Å². The molecule has 1 rings (SSSR count). The average Bonchev–Trinajstić information content (AvgIpc) is 1.80. The van der Waals surface area contributed by atoms with Crippen molar-refractivity contribution in [3.05, 3.63) is 11.8 Å². The van der Waals surface area contributed by atoms with Gasteiger partial charge in [0.2, 0.25) is 0 Å². The fraction of sp³-hybridized carbons (Fsp3) is 0.571. The summed E-state index contributed by atoms with van der Waals surface area (Å²) in [5.74, 6) is 0.00231. The number of rotatable bonds is 0. The van der Waals surface area contributed by atoms with Crippen LogP contribution in [-0.2, 0) is 0 Å². The lowest BCUT2D eigenvalue weighted by Gasteiger charge is -2.12. The van der Waals surface area contributed by atoms with E-state index in [2.05, 4.69) is 4.99 Å². The molecule has 0 amide bonds. The van der Waals surface area contributed by atoms with Gasteiger partial charge in [-0.2, -0.15) is 0 Å². The van der Waals surface area contributed by atoms with E-state index in [1.54, 1.807) is 0 Å². The van der Waals surface area contributed by atoms with Gasteiger partial charge in [0.15, 0.2) is 0 Å². The maximum atomic E-state index is 12.6. The Bertz CT molecular complexity index is 160. The van der Waals surface area contributed by atoms with Crippen molar-refractivity contribution in [2.75, 3.05) is 0 Å². The fourth-order valence-electron chi connectivity index (χ4n) is 0.840. The predicted octanol–water partition coefficient (Wildman–Crippen LogP) is 1.95. The van der Waals surface area contributed by atoms with Crippen molar-refractivity contribution < 1.29 is 4.39 Å². The fourth-order valence-corrected chi connectivity index (χ4v) is 0.840. The minimum absolute atomic E-state index is 0.00231. The zero-order valence-electron chi connectivity index (χ0n) is 5.63. The van der Waals surface area contributed by atoms with E-state index in [1.165, 1.54) is 6.21 Å². The van der Waals surface area contributed by atoms with Crippen molar-refractivity contribution in [1.29, 1.82) is 0 Å². The molecule has 0 aromatic rings. The van der Waals surface area contributed by atoms with Crippen LogP contribution in [0, 0.1) is 5.92 Å². The third-order valence-corrected chi connectivity index (χ3v) is 1.43. The summed E-state index contributed by atoms with van der Waals surface area (Å²) in [5.41, 5.74) is 0.913. The Morgan fingerprint density at radius 1 is 1.67 bits per heavy atom. The van der Waals surface area contributed by atoms with Gasteiger partial charge >= 0.3 is 0 Å². The molecule has 0 N–H and O–H groups in total. The zero-order chi connectivity index (χ0) is 6.85. The molecule has 0 aliphatic carbocycles. The maximum Gasteiger partial charge on any atom is 0.141 e. The number of aliphatic imine (C=N–C) groups is 1. The van der Waals surface area contributed by atoms with Crippen LogP contribution < -0.4 is 0 Å². The second-order valence-electron chi connectivity index (χ2n) is 2.39. The summed E-state index contributed by atoms with van der Waals surface area (Å²) in [6, 6.07) is 0. The summed E-state index contributed by atoms with van der Waals surface area (Å²) >= 11 is 0. The van der Waals surface area contributed by atoms with Crippen molar-refractivity contribution >= 4 is 6.21 Å². The normalized spacial score (nSPS) is 34.3. The molecule has 9 heavy (non-hydrogen) atoms. The molecule has 0 bridgehead atoms. The molecule has 1 nitrogen and oxygen atoms in total. The first kappa shape index (κ1) is 6.46. The van der Waals surface area contributed by atoms with Crippen LogP contribution in [0.1, 0.15) is 13.8 Å². The molecule has 2 heteroatoms. The maximum absolute atomic E-state index is 12.6. The van der Waals surface area contributed by atoms with Gasteiger partial charge in [-0.3, -0.25) is 4.99 Å². The Morgan fingerprint density at radius 3 is 2.78 bits per heavy atom. The van der Waals surface area contributed by atoms with Crippen molar-refractivity contribution in [1.82, 2.24) is 0 Å². The highest BCUT2D eigenvalue weighted by Crippen LogP contribution is 2.15. The quantitative estimate of drug-likeness (QED) is 0.471. The summed E-state index contributed by atoms with van der Waals surface area (Å²) in [6.07, 6.45) is 2.32. The molecule has 2 unspecified atom stereocenters. The standard InChI is InChI=1S/C7H10FN/c1-5-3-6(2)9-4-7(5)8/h3-5,7H,1-2H3. The van der Waals surface area contributed by atoms with Crippen LogP contribution in [-0.4, -0.2) is 12.4 Å². The molecule has 50 valence electrons. The highest BCUT2D eigenvalue weighted by Gasteiger charge is 2.14. The molecular formula is C7H10FN. The molecule has 0 radical (unpaired) electrons. The topological polar surface area (TPSA) is 12.4 Å². The summed E-state index contributed by atoms with van der Waals surface area (Å²) in [4.78, 5) is 3.82. The molecule has 1 aliphatic heterocycles. The van der Waals surface area contributed by atoms with Crippen molar-refractivity contribution in [2.45, 2.75) is 20.0 Å². The van der Waals surface area contributed by atoms with Crippen LogP contribution >= 0.6 is 0 Å². The summed E-state index contributed by atoms with van der Waals surface area (Å²) < 4.78 is 12.6. The summed E-state index contributed by atoms with van der Waals surface area (Å²) in [5, 5.41) is 0. The number of hydrogen-bond acceptors (Lipinski definition) is 1. The van der Waals surface area contributed by atoms with Gasteiger partial charge in [-0.1, -0.05) is 13.0 Å². The van der Waals surface area contributed by atoms with Crippen LogP contribution in [0.5, 0.6) is 0 Å². The van der Waals surface area contributed by atoms with Crippen LogP contribution in [0.3, 0.4) is 0 Å². The number of allylic oxidation sites excluding steroid dienone is 2. The highest BCUT2D eigenvalue weighted by atomic mass is 19.1. The molecule has 0 saturated carbocycles. The molecule has 1 heterocycles. The first-order valence-electron chi connectivity index (χ1n) is 3.07. The smallest absolute Gasteiger partial charge is 0.141 e. The molecule has 2 atom stereocenters. The van der Waals surface area contributed by atoms with Gasteiger partial charge in [0.05, 0.1) is 0 Å². The summed E-state index contributed by atoms with van der Waals surface area (Å²) in [6.45, 7) is 3.72. The lowest BCUT2D eigenvalue weighted by molar-refractivity contribution is 0.361. The van der Waals surface area contributed by atoms with Crippen LogP contribution in [0.25, 0.3) is 0 Å². The molecule has 0 aromatic carbocycles. The largest absolute Gasteiger partial charge is 0.263 e. The lowest BCUT2D eigenvalue weighted by atomic mass is 10.0. The van der Waals surface area contributed by atoms with E-state index in [0.717, 1.165) is 5.70 Å². The Kier molecular flexibility index (Phi) is 1.65. The third kappa shape index (κ3) is 1.37. The van der Waals surface area contributed by atoms with Gasteiger partial charge in [-0.15, -0.1) is 0 Å². The second kappa shape index (κ2) is 2.29. The molecule has 0 aromatic heterocycles. The number of hydrogen-bond donors (Lipinski definition) is 0. The molecular weight excluding hydrogens is 117 g/mol. The first-order valence-corrected chi connectivity index (χ1v) is 3.07. The second-order valence-corrected chi connectivity index (χ2v) is 2.39. The van der Waals surface area contributed by atoms with Crippen molar-refractivity contribution in [2.24, 2.45) is 10.9 Å². The van der Waals surface area contributed by atoms with Crippen LogP contribution in [0.4, 0.5) is 4.39 Å². The highest BCUT2D eigenvalue weighted by molar-refractivity contribution is 5.66. The van der Waals surface area contributed by atoms with Crippen molar-refractivity contribution in [3.8, 4) is 0 Å². The molecule has 0 spiro atoms. The number of halogens is 1. The van der Waals surface area contributed by atoms with Gasteiger partial charge < -0.3 is 0 Å². The van der Waals surface area contributed by atoms with Crippen LogP contribution in [0.2, 0.25) is 0 Å². The van der Waals surface area contributed by atoms with Gasteiger partial charge in [-0.25, -0.2) is 4.39 Å². The van der Waals surface area contributed by atoms with E-state index in [9.17, 15) is 4.39 Å². The van der Waals surface area contributed by atoms with E-state index in [1.807, 2.05) is 19.9 Å². The van der Waals surface area contributed by atoms with E-state index >= 15 is 0 Å². The van der Waals surface area contributed by atoms with E-state index in [-0.39, 0.29) is 5.92 Å². The van der Waals surface area contributed by atoms with Crippen LogP contribution in [0.15, 0.2) is 16.8 Å². The van der Waals surface area contributed by atoms with E-state index in [0.29, 0.717) is 0 Å². The Morgan fingerprint density at radius 2 is 2.33 bits per heavy atom. The summed E-state index contributed by atoms with van der Waals surface area (Å²) in [7, 11) is 0. The minimum atomic E-state index is -0.881. The SMILES string of the molecule is CC1=CC(C)C(F)C=N1. The number of nitrogens with zero attached hydrogens (tertiary/aromatic N) is 1. The lowest BCUT2D eigenvalue weighted by Crippen LogP contribution is -2.15. The average molecular weight is 127 g/mol. The Balaban J connectivity index is 2.70.